The number of benzene rings is 1. The molecule has 1 heterocycles. The molecule has 2 aromatic rings. The van der Waals surface area contributed by atoms with Gasteiger partial charge < -0.3 is 5.11 Å². The zero-order valence-electron chi connectivity index (χ0n) is 12.5. The van der Waals surface area contributed by atoms with Crippen LogP contribution in [0.4, 0.5) is 5.13 Å². The molecule has 0 aliphatic carbocycles. The number of carbonyl (C=O) groups is 1. The van der Waals surface area contributed by atoms with Crippen LogP contribution in [0.15, 0.2) is 18.3 Å². The van der Waals surface area contributed by atoms with E-state index in [4.69, 9.17) is 11.6 Å². The van der Waals surface area contributed by atoms with Gasteiger partial charge in [0.15, 0.2) is 15.0 Å². The van der Waals surface area contributed by atoms with Gasteiger partial charge in [0.25, 0.3) is 5.91 Å². The number of nitrogens with one attached hydrogen (secondary N) is 1. The minimum atomic E-state index is -3.14. The van der Waals surface area contributed by atoms with Gasteiger partial charge in [-0.1, -0.05) is 18.5 Å². The van der Waals surface area contributed by atoms with Crippen molar-refractivity contribution in [3.05, 3.63) is 39.4 Å². The van der Waals surface area contributed by atoms with Crippen LogP contribution in [0.3, 0.4) is 0 Å². The minimum absolute atomic E-state index is 0.0534. The number of halogens is 1. The highest BCUT2D eigenvalue weighted by molar-refractivity contribution is 7.90. The highest BCUT2D eigenvalue weighted by Crippen LogP contribution is 2.28. The molecule has 1 aromatic carbocycles. The van der Waals surface area contributed by atoms with E-state index in [0.29, 0.717) is 21.1 Å². The molecule has 0 saturated carbocycles. The Kier molecular flexibility index (Phi) is 5.28. The average Bonchev–Trinajstić information content (AvgIpc) is 2.89. The van der Waals surface area contributed by atoms with E-state index >= 15 is 0 Å². The van der Waals surface area contributed by atoms with Gasteiger partial charge in [-0.15, -0.1) is 11.3 Å². The number of phenolic OH excluding ortho intramolecular Hbond substituents is 1. The number of aromatic hydroxyl groups is 1. The van der Waals surface area contributed by atoms with E-state index in [0.717, 1.165) is 11.3 Å². The fourth-order valence-corrected chi connectivity index (χ4v) is 4.08. The number of hydrogen-bond donors (Lipinski definition) is 2. The fourth-order valence-electron chi connectivity index (χ4n) is 1.83. The Morgan fingerprint density at radius 2 is 2.13 bits per heavy atom. The topological polar surface area (TPSA) is 96.4 Å². The number of amides is 1. The number of rotatable bonds is 5. The number of sulfone groups is 1. The predicted molar refractivity (Wildman–Crippen MR) is 91.1 cm³/mol. The van der Waals surface area contributed by atoms with Crippen molar-refractivity contribution in [2.75, 3.05) is 11.1 Å². The van der Waals surface area contributed by atoms with E-state index in [1.165, 1.54) is 18.3 Å². The molecule has 9 heteroatoms. The SMILES string of the molecule is CCS(=O)(=O)Cc1cnc(NC(=O)c2cc(Cl)c(O)cc2C)s1. The zero-order chi connectivity index (χ0) is 17.2. The summed E-state index contributed by atoms with van der Waals surface area (Å²) in [4.78, 5) is 16.8. The first-order chi connectivity index (χ1) is 10.7. The summed E-state index contributed by atoms with van der Waals surface area (Å²) in [6, 6.07) is 2.77. The predicted octanol–water partition coefficient (Wildman–Crippen LogP) is 3.00. The Labute approximate surface area is 143 Å². The molecular formula is C14H15ClN2O4S2. The maximum absolute atomic E-state index is 12.2. The molecule has 23 heavy (non-hydrogen) atoms. The molecule has 0 atom stereocenters. The van der Waals surface area contributed by atoms with Gasteiger partial charge in [-0.05, 0) is 24.6 Å². The molecule has 0 saturated heterocycles. The van der Waals surface area contributed by atoms with Crippen molar-refractivity contribution in [1.29, 1.82) is 0 Å². The normalized spacial score (nSPS) is 11.4. The molecule has 0 spiro atoms. The van der Waals surface area contributed by atoms with E-state index in [1.807, 2.05) is 0 Å². The van der Waals surface area contributed by atoms with Gasteiger partial charge in [0, 0.05) is 22.4 Å². The van der Waals surface area contributed by atoms with Crippen molar-refractivity contribution in [2.24, 2.45) is 0 Å². The van der Waals surface area contributed by atoms with Crippen molar-refractivity contribution >= 4 is 43.8 Å². The number of anilines is 1. The van der Waals surface area contributed by atoms with Crippen LogP contribution >= 0.6 is 22.9 Å². The largest absolute Gasteiger partial charge is 0.506 e. The van der Waals surface area contributed by atoms with Crippen molar-refractivity contribution in [3.8, 4) is 5.75 Å². The Balaban J connectivity index is 2.16. The van der Waals surface area contributed by atoms with Gasteiger partial charge in [-0.25, -0.2) is 13.4 Å². The molecular weight excluding hydrogens is 360 g/mol. The van der Waals surface area contributed by atoms with Crippen molar-refractivity contribution in [3.63, 3.8) is 0 Å². The monoisotopic (exact) mass is 374 g/mol. The highest BCUT2D eigenvalue weighted by atomic mass is 35.5. The molecule has 6 nitrogen and oxygen atoms in total. The fraction of sp³-hybridized carbons (Fsp3) is 0.286. The summed E-state index contributed by atoms with van der Waals surface area (Å²) < 4.78 is 23.2. The van der Waals surface area contributed by atoms with Gasteiger partial charge in [0.2, 0.25) is 0 Å². The van der Waals surface area contributed by atoms with Crippen LogP contribution in [0, 0.1) is 6.92 Å². The lowest BCUT2D eigenvalue weighted by Crippen LogP contribution is -2.13. The van der Waals surface area contributed by atoms with Crippen LogP contribution in [-0.2, 0) is 15.6 Å². The summed E-state index contributed by atoms with van der Waals surface area (Å²) in [6.45, 7) is 3.25. The smallest absolute Gasteiger partial charge is 0.257 e. The molecule has 0 radical (unpaired) electrons. The Morgan fingerprint density at radius 3 is 2.78 bits per heavy atom. The quantitative estimate of drug-likeness (QED) is 0.838. The number of nitrogens with zero attached hydrogens (tertiary/aromatic N) is 1. The first-order valence-corrected chi connectivity index (χ1v) is 9.69. The van der Waals surface area contributed by atoms with Gasteiger partial charge in [-0.2, -0.15) is 0 Å². The lowest BCUT2D eigenvalue weighted by molar-refractivity contribution is 0.102. The summed E-state index contributed by atoms with van der Waals surface area (Å²) >= 11 is 6.92. The highest BCUT2D eigenvalue weighted by Gasteiger charge is 2.16. The molecule has 0 bridgehead atoms. The van der Waals surface area contributed by atoms with E-state index in [1.54, 1.807) is 13.8 Å². The van der Waals surface area contributed by atoms with Crippen LogP contribution in [0.1, 0.15) is 27.7 Å². The number of carbonyl (C=O) groups excluding carboxylic acids is 1. The average molecular weight is 375 g/mol. The van der Waals surface area contributed by atoms with Gasteiger partial charge in [0.05, 0.1) is 10.8 Å². The second kappa shape index (κ2) is 6.86. The molecule has 0 aliphatic heterocycles. The Morgan fingerprint density at radius 1 is 1.43 bits per heavy atom. The summed E-state index contributed by atoms with van der Waals surface area (Å²) in [5.41, 5.74) is 0.875. The zero-order valence-corrected chi connectivity index (χ0v) is 14.8. The van der Waals surface area contributed by atoms with Crippen molar-refractivity contribution < 1.29 is 18.3 Å². The third kappa shape index (κ3) is 4.43. The molecule has 1 amide bonds. The number of thiazole rings is 1. The maximum atomic E-state index is 12.2. The van der Waals surface area contributed by atoms with Gasteiger partial charge in [-0.3, -0.25) is 10.1 Å². The first-order valence-electron chi connectivity index (χ1n) is 6.67. The maximum Gasteiger partial charge on any atom is 0.257 e. The molecule has 0 unspecified atom stereocenters. The third-order valence-electron chi connectivity index (χ3n) is 3.11. The Bertz CT molecular complexity index is 846. The van der Waals surface area contributed by atoms with E-state index in [-0.39, 0.29) is 22.3 Å². The lowest BCUT2D eigenvalue weighted by atomic mass is 10.1. The van der Waals surface area contributed by atoms with Crippen LogP contribution in [0.5, 0.6) is 5.75 Å². The molecule has 124 valence electrons. The summed E-state index contributed by atoms with van der Waals surface area (Å²) in [7, 11) is -3.14. The minimum Gasteiger partial charge on any atom is -0.506 e. The van der Waals surface area contributed by atoms with Gasteiger partial charge >= 0.3 is 0 Å². The molecule has 0 fully saturated rings. The second-order valence-electron chi connectivity index (χ2n) is 4.88. The standard InChI is InChI=1S/C14H15ClN2O4S2/c1-3-23(20,21)7-9-6-16-14(22-9)17-13(19)10-5-11(15)12(18)4-8(10)2/h4-6,18H,3,7H2,1-2H3,(H,16,17,19). The number of aromatic nitrogens is 1. The first kappa shape index (κ1) is 17.7. The van der Waals surface area contributed by atoms with Crippen LogP contribution in [0.2, 0.25) is 5.02 Å². The second-order valence-corrected chi connectivity index (χ2v) is 8.76. The molecule has 1 aromatic heterocycles. The van der Waals surface area contributed by atoms with Crippen LogP contribution in [-0.4, -0.2) is 30.2 Å². The van der Waals surface area contributed by atoms with E-state index in [2.05, 4.69) is 10.3 Å². The number of aryl methyl sites for hydroxylation is 1. The third-order valence-corrected chi connectivity index (χ3v) is 6.14. The lowest BCUT2D eigenvalue weighted by Gasteiger charge is -2.07. The molecule has 2 rings (SSSR count). The summed E-state index contributed by atoms with van der Waals surface area (Å²) in [6.07, 6.45) is 1.43. The van der Waals surface area contributed by atoms with Gasteiger partial charge in [0.1, 0.15) is 5.75 Å². The number of phenols is 1. The van der Waals surface area contributed by atoms with Crippen LogP contribution < -0.4 is 5.32 Å². The van der Waals surface area contributed by atoms with E-state index < -0.39 is 15.7 Å². The molecule has 2 N–H and O–H groups in total. The summed E-state index contributed by atoms with van der Waals surface area (Å²) in [5, 5.41) is 12.5. The summed E-state index contributed by atoms with van der Waals surface area (Å²) in [5.74, 6) is -0.565. The van der Waals surface area contributed by atoms with Crippen LogP contribution in [0.25, 0.3) is 0 Å². The van der Waals surface area contributed by atoms with Crippen molar-refractivity contribution in [1.82, 2.24) is 4.98 Å². The molecule has 0 aliphatic rings. The Hall–Kier alpha value is -1.64. The van der Waals surface area contributed by atoms with Crippen molar-refractivity contribution in [2.45, 2.75) is 19.6 Å². The van der Waals surface area contributed by atoms with E-state index in [9.17, 15) is 18.3 Å². The number of hydrogen-bond acceptors (Lipinski definition) is 6.